The molecule has 1 N–H and O–H groups in total. The standard InChI is InChI=1S/C15H19NO2S/c1-4-12(15-6-5-9-19-15)16-13-10-11(17-2)7-8-14(13)18-3/h5-10,12,16H,4H2,1-3H3. The van der Waals surface area contributed by atoms with Crippen LogP contribution in [0.15, 0.2) is 35.7 Å². The highest BCUT2D eigenvalue weighted by atomic mass is 32.1. The predicted molar refractivity (Wildman–Crippen MR) is 80.5 cm³/mol. The normalized spacial score (nSPS) is 11.9. The van der Waals surface area contributed by atoms with Crippen molar-refractivity contribution in [2.75, 3.05) is 19.5 Å². The molecule has 0 spiro atoms. The highest BCUT2D eigenvalue weighted by molar-refractivity contribution is 7.10. The van der Waals surface area contributed by atoms with Gasteiger partial charge < -0.3 is 14.8 Å². The van der Waals surface area contributed by atoms with Gasteiger partial charge in [-0.25, -0.2) is 0 Å². The fraction of sp³-hybridized carbons (Fsp3) is 0.333. The van der Waals surface area contributed by atoms with Crippen LogP contribution in [0.4, 0.5) is 5.69 Å². The van der Waals surface area contributed by atoms with Crippen molar-refractivity contribution in [3.8, 4) is 11.5 Å². The van der Waals surface area contributed by atoms with Gasteiger partial charge in [-0.05, 0) is 30.0 Å². The maximum absolute atomic E-state index is 5.39. The van der Waals surface area contributed by atoms with Crippen molar-refractivity contribution in [1.82, 2.24) is 0 Å². The number of hydrogen-bond donors (Lipinski definition) is 1. The lowest BCUT2D eigenvalue weighted by atomic mass is 10.1. The van der Waals surface area contributed by atoms with Crippen LogP contribution >= 0.6 is 11.3 Å². The third-order valence-corrected chi connectivity index (χ3v) is 4.02. The van der Waals surface area contributed by atoms with E-state index >= 15 is 0 Å². The van der Waals surface area contributed by atoms with E-state index in [0.29, 0.717) is 6.04 Å². The maximum Gasteiger partial charge on any atom is 0.142 e. The molecule has 2 rings (SSSR count). The highest BCUT2D eigenvalue weighted by Gasteiger charge is 2.13. The first kappa shape index (κ1) is 13.7. The van der Waals surface area contributed by atoms with Gasteiger partial charge in [-0.15, -0.1) is 11.3 Å². The van der Waals surface area contributed by atoms with Crippen molar-refractivity contribution in [1.29, 1.82) is 0 Å². The number of hydrogen-bond acceptors (Lipinski definition) is 4. The van der Waals surface area contributed by atoms with Crippen LogP contribution in [0.25, 0.3) is 0 Å². The smallest absolute Gasteiger partial charge is 0.142 e. The Morgan fingerprint density at radius 1 is 1.21 bits per heavy atom. The fourth-order valence-electron chi connectivity index (χ4n) is 1.98. The summed E-state index contributed by atoms with van der Waals surface area (Å²) >= 11 is 1.76. The SMILES string of the molecule is CCC(Nc1cc(OC)ccc1OC)c1cccs1. The van der Waals surface area contributed by atoms with Crippen LogP contribution in [0.2, 0.25) is 0 Å². The number of ether oxygens (including phenoxy) is 2. The average Bonchev–Trinajstić information content (AvgIpc) is 2.98. The van der Waals surface area contributed by atoms with Gasteiger partial charge >= 0.3 is 0 Å². The molecule has 0 radical (unpaired) electrons. The molecule has 0 aliphatic heterocycles. The van der Waals surface area contributed by atoms with Gasteiger partial charge in [0, 0.05) is 10.9 Å². The molecule has 1 atom stereocenters. The second kappa shape index (κ2) is 6.48. The zero-order chi connectivity index (χ0) is 13.7. The molecule has 0 aliphatic carbocycles. The van der Waals surface area contributed by atoms with Gasteiger partial charge in [0.05, 0.1) is 25.9 Å². The number of thiophene rings is 1. The zero-order valence-corrected chi connectivity index (χ0v) is 12.3. The summed E-state index contributed by atoms with van der Waals surface area (Å²) in [5.41, 5.74) is 0.960. The van der Waals surface area contributed by atoms with Crippen molar-refractivity contribution in [2.24, 2.45) is 0 Å². The number of methoxy groups -OCH3 is 2. The van der Waals surface area contributed by atoms with Crippen LogP contribution in [-0.2, 0) is 0 Å². The molecule has 1 heterocycles. The predicted octanol–water partition coefficient (Wildman–Crippen LogP) is 4.33. The lowest BCUT2D eigenvalue weighted by Crippen LogP contribution is -2.09. The summed E-state index contributed by atoms with van der Waals surface area (Å²) in [5.74, 6) is 1.65. The van der Waals surface area contributed by atoms with E-state index in [-0.39, 0.29) is 0 Å². The van der Waals surface area contributed by atoms with Gasteiger partial charge in [0.25, 0.3) is 0 Å². The first-order chi connectivity index (χ1) is 9.28. The second-order valence-electron chi connectivity index (χ2n) is 4.19. The van der Waals surface area contributed by atoms with Crippen molar-refractivity contribution in [3.05, 3.63) is 40.6 Å². The van der Waals surface area contributed by atoms with Gasteiger partial charge in [-0.1, -0.05) is 13.0 Å². The molecule has 19 heavy (non-hydrogen) atoms. The number of anilines is 1. The summed E-state index contributed by atoms with van der Waals surface area (Å²) in [5, 5.41) is 5.63. The van der Waals surface area contributed by atoms with Crippen molar-refractivity contribution in [3.63, 3.8) is 0 Å². The Kier molecular flexibility index (Phi) is 4.68. The third kappa shape index (κ3) is 3.20. The summed E-state index contributed by atoms with van der Waals surface area (Å²) in [7, 11) is 3.35. The molecule has 4 heteroatoms. The average molecular weight is 277 g/mol. The van der Waals surface area contributed by atoms with Crippen LogP contribution < -0.4 is 14.8 Å². The van der Waals surface area contributed by atoms with Crippen molar-refractivity contribution < 1.29 is 9.47 Å². The Morgan fingerprint density at radius 2 is 2.05 bits per heavy atom. The van der Waals surface area contributed by atoms with E-state index in [1.54, 1.807) is 25.6 Å². The van der Waals surface area contributed by atoms with Crippen LogP contribution in [0.3, 0.4) is 0 Å². The number of nitrogens with one attached hydrogen (secondary N) is 1. The molecule has 1 aromatic heterocycles. The first-order valence-corrected chi connectivity index (χ1v) is 7.18. The Labute approximate surface area is 118 Å². The van der Waals surface area contributed by atoms with E-state index < -0.39 is 0 Å². The Morgan fingerprint density at radius 3 is 2.63 bits per heavy atom. The van der Waals surface area contributed by atoms with E-state index in [1.165, 1.54) is 4.88 Å². The molecule has 0 saturated carbocycles. The summed E-state index contributed by atoms with van der Waals surface area (Å²) in [6, 6.07) is 10.3. The molecule has 0 aliphatic rings. The minimum atomic E-state index is 0.293. The molecular formula is C15H19NO2S. The molecule has 102 valence electrons. The summed E-state index contributed by atoms with van der Waals surface area (Å²) in [6.45, 7) is 2.17. The monoisotopic (exact) mass is 277 g/mol. The van der Waals surface area contributed by atoms with E-state index in [1.807, 2.05) is 18.2 Å². The highest BCUT2D eigenvalue weighted by Crippen LogP contribution is 2.33. The van der Waals surface area contributed by atoms with Crippen LogP contribution in [0, 0.1) is 0 Å². The van der Waals surface area contributed by atoms with Crippen molar-refractivity contribution >= 4 is 17.0 Å². The number of benzene rings is 1. The Hall–Kier alpha value is -1.68. The Balaban J connectivity index is 2.25. The van der Waals surface area contributed by atoms with Gasteiger partial charge in [0.15, 0.2) is 0 Å². The van der Waals surface area contributed by atoms with Gasteiger partial charge in [0.2, 0.25) is 0 Å². The van der Waals surface area contributed by atoms with E-state index in [9.17, 15) is 0 Å². The van der Waals surface area contributed by atoms with E-state index in [2.05, 4.69) is 29.8 Å². The Bertz CT molecular complexity index is 511. The molecule has 2 aromatic rings. The lowest BCUT2D eigenvalue weighted by Gasteiger charge is -2.19. The zero-order valence-electron chi connectivity index (χ0n) is 11.5. The molecule has 0 amide bonds. The molecule has 0 saturated heterocycles. The molecule has 1 unspecified atom stereocenters. The minimum absolute atomic E-state index is 0.293. The summed E-state index contributed by atoms with van der Waals surface area (Å²) in [6.07, 6.45) is 1.01. The lowest BCUT2D eigenvalue weighted by molar-refractivity contribution is 0.404. The molecule has 0 bridgehead atoms. The molecule has 0 fully saturated rings. The first-order valence-electron chi connectivity index (χ1n) is 6.30. The minimum Gasteiger partial charge on any atom is -0.497 e. The maximum atomic E-state index is 5.39. The van der Waals surface area contributed by atoms with Crippen molar-refractivity contribution in [2.45, 2.75) is 19.4 Å². The molecule has 3 nitrogen and oxygen atoms in total. The topological polar surface area (TPSA) is 30.5 Å². The quantitative estimate of drug-likeness (QED) is 0.852. The van der Waals surface area contributed by atoms with Crippen LogP contribution in [0.1, 0.15) is 24.3 Å². The third-order valence-electron chi connectivity index (χ3n) is 3.03. The van der Waals surface area contributed by atoms with Gasteiger partial charge in [-0.3, -0.25) is 0 Å². The van der Waals surface area contributed by atoms with E-state index in [0.717, 1.165) is 23.6 Å². The number of rotatable bonds is 6. The summed E-state index contributed by atoms with van der Waals surface area (Å²) < 4.78 is 10.7. The van der Waals surface area contributed by atoms with E-state index in [4.69, 9.17) is 9.47 Å². The molecular weight excluding hydrogens is 258 g/mol. The fourth-order valence-corrected chi connectivity index (χ4v) is 2.84. The van der Waals surface area contributed by atoms with Gasteiger partial charge in [-0.2, -0.15) is 0 Å². The largest absolute Gasteiger partial charge is 0.497 e. The van der Waals surface area contributed by atoms with Crippen LogP contribution in [0.5, 0.6) is 11.5 Å². The van der Waals surface area contributed by atoms with Gasteiger partial charge in [0.1, 0.15) is 11.5 Å². The molecule has 1 aromatic carbocycles. The van der Waals surface area contributed by atoms with Crippen LogP contribution in [-0.4, -0.2) is 14.2 Å². The second-order valence-corrected chi connectivity index (χ2v) is 5.17. The summed E-state index contributed by atoms with van der Waals surface area (Å²) in [4.78, 5) is 1.33.